The number of thioether (sulfide) groups is 1. The van der Waals surface area contributed by atoms with Crippen LogP contribution in [0.2, 0.25) is 0 Å². The summed E-state index contributed by atoms with van der Waals surface area (Å²) in [5.74, 6) is -0.911. The number of rotatable bonds is 7. The molecule has 0 spiro atoms. The van der Waals surface area contributed by atoms with Crippen LogP contribution in [0.15, 0.2) is 10.5 Å². The van der Waals surface area contributed by atoms with E-state index in [1.54, 1.807) is 18.3 Å². The molecule has 0 atom stereocenters. The minimum Gasteiger partial charge on any atom is -0.465 e. The normalized spacial score (nSPS) is 10.9. The maximum atomic E-state index is 12.5. The van der Waals surface area contributed by atoms with Gasteiger partial charge in [0, 0.05) is 22.9 Å². The van der Waals surface area contributed by atoms with E-state index in [0.717, 1.165) is 28.3 Å². The average molecular weight is 480 g/mol. The molecule has 0 aromatic carbocycles. The van der Waals surface area contributed by atoms with Gasteiger partial charge < -0.3 is 20.4 Å². The summed E-state index contributed by atoms with van der Waals surface area (Å²) in [6.07, 6.45) is 0. The molecule has 0 radical (unpaired) electrons. The highest BCUT2D eigenvalue weighted by atomic mass is 32.2. The number of carbonyl (C=O) groups is 3. The molecule has 0 aliphatic rings. The molecule has 3 rings (SSSR count). The van der Waals surface area contributed by atoms with Crippen LogP contribution in [-0.2, 0) is 16.6 Å². The van der Waals surface area contributed by atoms with Crippen molar-refractivity contribution in [2.24, 2.45) is 12.8 Å². The Morgan fingerprint density at radius 3 is 2.52 bits per heavy atom. The van der Waals surface area contributed by atoms with Crippen molar-refractivity contribution in [2.75, 3.05) is 18.2 Å². The van der Waals surface area contributed by atoms with Crippen LogP contribution in [0.1, 0.15) is 36.0 Å². The van der Waals surface area contributed by atoms with Gasteiger partial charge in [0.05, 0.1) is 23.3 Å². The molecule has 0 fully saturated rings. The lowest BCUT2D eigenvalue weighted by atomic mass is 10.1. The van der Waals surface area contributed by atoms with E-state index in [2.05, 4.69) is 22.4 Å². The van der Waals surface area contributed by atoms with Crippen molar-refractivity contribution < 1.29 is 19.1 Å². The number of hydrogen-bond acceptors (Lipinski definition) is 9. The summed E-state index contributed by atoms with van der Waals surface area (Å²) in [6.45, 7) is 5.68. The molecule has 0 aliphatic carbocycles. The van der Waals surface area contributed by atoms with Gasteiger partial charge >= 0.3 is 5.97 Å². The summed E-state index contributed by atoms with van der Waals surface area (Å²) in [4.78, 5) is 37.7. The van der Waals surface area contributed by atoms with E-state index in [4.69, 9.17) is 10.5 Å². The highest BCUT2D eigenvalue weighted by Gasteiger charge is 2.25. The topological polar surface area (TPSA) is 129 Å². The largest absolute Gasteiger partial charge is 0.465 e. The number of carbonyl (C=O) groups excluding carboxylic acids is 3. The molecule has 164 valence electrons. The van der Waals surface area contributed by atoms with Crippen LogP contribution in [0.4, 0.5) is 5.00 Å². The van der Waals surface area contributed by atoms with Crippen LogP contribution in [0.25, 0.3) is 11.4 Å². The smallest absolute Gasteiger partial charge is 0.341 e. The van der Waals surface area contributed by atoms with E-state index >= 15 is 0 Å². The quantitative estimate of drug-likeness (QED) is 0.393. The number of aromatic nitrogens is 3. The SMILES string of the molecule is COC(=O)c1c(NC(=O)CSc2nnc(-c3csc(C)c3C)n2C)sc(C(N)=O)c1C. The Morgan fingerprint density at radius 1 is 1.23 bits per heavy atom. The molecule has 0 bridgehead atoms. The van der Waals surface area contributed by atoms with E-state index < -0.39 is 11.9 Å². The van der Waals surface area contributed by atoms with Gasteiger partial charge in [-0.3, -0.25) is 9.59 Å². The van der Waals surface area contributed by atoms with Crippen molar-refractivity contribution in [3.05, 3.63) is 31.8 Å². The Kier molecular flexibility index (Phi) is 6.82. The van der Waals surface area contributed by atoms with Gasteiger partial charge in [-0.25, -0.2) is 4.79 Å². The lowest BCUT2D eigenvalue weighted by Crippen LogP contribution is -2.16. The van der Waals surface area contributed by atoms with E-state index in [1.807, 2.05) is 23.9 Å². The van der Waals surface area contributed by atoms with Crippen LogP contribution in [0, 0.1) is 20.8 Å². The number of esters is 1. The number of primary amides is 1. The van der Waals surface area contributed by atoms with Crippen molar-refractivity contribution in [1.29, 1.82) is 0 Å². The van der Waals surface area contributed by atoms with Crippen LogP contribution in [0.5, 0.6) is 0 Å². The van der Waals surface area contributed by atoms with Crippen molar-refractivity contribution >= 4 is 57.2 Å². The number of anilines is 1. The molecule has 9 nitrogen and oxygen atoms in total. The molecule has 31 heavy (non-hydrogen) atoms. The minimum atomic E-state index is -0.673. The Morgan fingerprint density at radius 2 is 1.94 bits per heavy atom. The second-order valence-electron chi connectivity index (χ2n) is 6.65. The summed E-state index contributed by atoms with van der Waals surface area (Å²) < 4.78 is 6.61. The maximum Gasteiger partial charge on any atom is 0.341 e. The highest BCUT2D eigenvalue weighted by molar-refractivity contribution is 7.99. The summed E-state index contributed by atoms with van der Waals surface area (Å²) >= 11 is 3.82. The standard InChI is InChI=1S/C19H21N5O4S3/c1-8-10(3)29-6-11(8)16-22-23-19(24(16)4)30-7-12(25)21-17-13(18(27)28-5)9(2)14(31-17)15(20)26/h6H,7H2,1-5H3,(H2,20,26)(H,21,25). The predicted octanol–water partition coefficient (Wildman–Crippen LogP) is 3.15. The summed E-state index contributed by atoms with van der Waals surface area (Å²) in [7, 11) is 3.08. The second kappa shape index (κ2) is 9.20. The summed E-state index contributed by atoms with van der Waals surface area (Å²) in [6, 6.07) is 0. The molecular weight excluding hydrogens is 458 g/mol. The van der Waals surface area contributed by atoms with Gasteiger partial charge in [0.15, 0.2) is 11.0 Å². The number of amides is 2. The van der Waals surface area contributed by atoms with Crippen molar-refractivity contribution in [2.45, 2.75) is 25.9 Å². The van der Waals surface area contributed by atoms with Gasteiger partial charge in [-0.1, -0.05) is 11.8 Å². The molecule has 3 heterocycles. The molecule has 12 heteroatoms. The summed E-state index contributed by atoms with van der Waals surface area (Å²) in [5.41, 5.74) is 8.05. The third-order valence-corrected chi connectivity index (χ3v) is 7.96. The van der Waals surface area contributed by atoms with E-state index in [0.29, 0.717) is 10.7 Å². The van der Waals surface area contributed by atoms with Crippen molar-refractivity contribution in [1.82, 2.24) is 14.8 Å². The Bertz CT molecular complexity index is 1180. The number of hydrogen-bond donors (Lipinski definition) is 2. The molecule has 3 aromatic heterocycles. The first kappa shape index (κ1) is 23.0. The first-order valence-corrected chi connectivity index (χ1v) is 11.7. The van der Waals surface area contributed by atoms with Gasteiger partial charge in [-0.2, -0.15) is 0 Å². The third kappa shape index (κ3) is 4.50. The van der Waals surface area contributed by atoms with Crippen LogP contribution >= 0.6 is 34.4 Å². The van der Waals surface area contributed by atoms with Gasteiger partial charge in [0.25, 0.3) is 5.91 Å². The molecule has 3 N–H and O–H groups in total. The zero-order valence-corrected chi connectivity index (χ0v) is 20.0. The molecular formula is C19H21N5O4S3. The molecule has 0 saturated heterocycles. The number of aryl methyl sites for hydroxylation is 1. The number of nitrogens with one attached hydrogen (secondary N) is 1. The maximum absolute atomic E-state index is 12.5. The highest BCUT2D eigenvalue weighted by Crippen LogP contribution is 2.34. The fourth-order valence-electron chi connectivity index (χ4n) is 2.89. The average Bonchev–Trinajstić information content (AvgIpc) is 3.36. The molecule has 2 amide bonds. The summed E-state index contributed by atoms with van der Waals surface area (Å²) in [5, 5.41) is 14.0. The number of ether oxygens (including phenoxy) is 1. The van der Waals surface area contributed by atoms with Gasteiger partial charge in [0.1, 0.15) is 5.00 Å². The third-order valence-electron chi connectivity index (χ3n) is 4.71. The molecule has 3 aromatic rings. The van der Waals surface area contributed by atoms with E-state index in [9.17, 15) is 14.4 Å². The van der Waals surface area contributed by atoms with Crippen molar-refractivity contribution in [3.63, 3.8) is 0 Å². The van der Waals surface area contributed by atoms with Crippen LogP contribution in [0.3, 0.4) is 0 Å². The Hall–Kier alpha value is -2.70. The molecule has 0 unspecified atom stereocenters. The fraction of sp³-hybridized carbons (Fsp3) is 0.316. The number of nitrogens with two attached hydrogens (primary N) is 1. The second-order valence-corrected chi connectivity index (χ2v) is 9.70. The first-order chi connectivity index (χ1) is 14.6. The molecule has 0 saturated carbocycles. The van der Waals surface area contributed by atoms with Crippen LogP contribution in [-0.4, -0.2) is 45.4 Å². The van der Waals surface area contributed by atoms with E-state index in [-0.39, 0.29) is 27.1 Å². The van der Waals surface area contributed by atoms with Crippen molar-refractivity contribution in [3.8, 4) is 11.4 Å². The van der Waals surface area contributed by atoms with Gasteiger partial charge in [-0.15, -0.1) is 32.9 Å². The number of methoxy groups -OCH3 is 1. The van der Waals surface area contributed by atoms with Gasteiger partial charge in [-0.05, 0) is 31.9 Å². The van der Waals surface area contributed by atoms with E-state index in [1.165, 1.54) is 23.7 Å². The first-order valence-electron chi connectivity index (χ1n) is 9.04. The minimum absolute atomic E-state index is 0.0388. The fourth-order valence-corrected chi connectivity index (χ4v) is 5.52. The lowest BCUT2D eigenvalue weighted by molar-refractivity contribution is -0.113. The zero-order valence-electron chi connectivity index (χ0n) is 17.6. The van der Waals surface area contributed by atoms with Gasteiger partial charge in [0.2, 0.25) is 5.91 Å². The Labute approximate surface area is 191 Å². The Balaban J connectivity index is 1.74. The number of thiophene rings is 2. The molecule has 0 aliphatic heterocycles. The monoisotopic (exact) mass is 479 g/mol. The zero-order chi connectivity index (χ0) is 22.9. The predicted molar refractivity (Wildman–Crippen MR) is 122 cm³/mol. The number of nitrogens with zero attached hydrogens (tertiary/aromatic N) is 3. The van der Waals surface area contributed by atoms with Crippen LogP contribution < -0.4 is 11.1 Å². The lowest BCUT2D eigenvalue weighted by Gasteiger charge is -2.06.